The van der Waals surface area contributed by atoms with Crippen LogP contribution in [0.2, 0.25) is 10.0 Å². The molecule has 0 fully saturated rings. The monoisotopic (exact) mass is 258 g/mol. The minimum atomic E-state index is -0.559. The third-order valence-electron chi connectivity index (χ3n) is 2.51. The molecule has 0 aliphatic rings. The lowest BCUT2D eigenvalue weighted by atomic mass is 10.1. The molecule has 1 aromatic heterocycles. The van der Waals surface area contributed by atoms with E-state index in [0.29, 0.717) is 16.6 Å². The minimum absolute atomic E-state index is 0.492. The van der Waals surface area contributed by atoms with Crippen LogP contribution in [0.5, 0.6) is 0 Å². The number of hydrogen-bond acceptors (Lipinski definition) is 2. The van der Waals surface area contributed by atoms with Crippen LogP contribution in [0, 0.1) is 0 Å². The fraction of sp³-hybridized carbons (Fsp3) is 0.273. The number of rotatable bonds is 3. The van der Waals surface area contributed by atoms with Crippen molar-refractivity contribution in [1.82, 2.24) is 10.3 Å². The number of aromatic nitrogens is 1. The second kappa shape index (κ2) is 4.63. The summed E-state index contributed by atoms with van der Waals surface area (Å²) >= 11 is 11.9. The fourth-order valence-corrected chi connectivity index (χ4v) is 2.04. The van der Waals surface area contributed by atoms with Crippen molar-refractivity contribution in [3.63, 3.8) is 0 Å². The third-order valence-corrected chi connectivity index (χ3v) is 3.23. The maximum Gasteiger partial charge on any atom is 0.0934 e. The van der Waals surface area contributed by atoms with Gasteiger partial charge in [0.2, 0.25) is 0 Å². The summed E-state index contributed by atoms with van der Waals surface area (Å²) in [4.78, 5) is 3.06. The average Bonchev–Trinajstić information content (AvgIpc) is 2.62. The Kier molecular flexibility index (Phi) is 3.40. The Morgan fingerprint density at radius 1 is 1.38 bits per heavy atom. The molecule has 2 rings (SSSR count). The highest BCUT2D eigenvalue weighted by Gasteiger charge is 2.13. The quantitative estimate of drug-likeness (QED) is 0.793. The molecule has 86 valence electrons. The summed E-state index contributed by atoms with van der Waals surface area (Å²) < 4.78 is 0. The van der Waals surface area contributed by atoms with Crippen LogP contribution in [0.25, 0.3) is 10.9 Å². The molecule has 1 atom stereocenters. The molecule has 0 spiro atoms. The van der Waals surface area contributed by atoms with E-state index in [4.69, 9.17) is 23.2 Å². The molecule has 1 aromatic carbocycles. The SMILES string of the molecule is CNCC(O)c1c[nH]c2cc(Cl)c(Cl)cc12. The Bertz CT molecular complexity index is 510. The van der Waals surface area contributed by atoms with E-state index < -0.39 is 6.10 Å². The van der Waals surface area contributed by atoms with E-state index in [9.17, 15) is 5.11 Å². The molecule has 0 aliphatic carbocycles. The highest BCUT2D eigenvalue weighted by Crippen LogP contribution is 2.31. The van der Waals surface area contributed by atoms with Crippen LogP contribution in [0.1, 0.15) is 11.7 Å². The molecule has 3 nitrogen and oxygen atoms in total. The van der Waals surface area contributed by atoms with Crippen molar-refractivity contribution in [3.05, 3.63) is 33.9 Å². The van der Waals surface area contributed by atoms with Crippen LogP contribution < -0.4 is 5.32 Å². The smallest absolute Gasteiger partial charge is 0.0934 e. The number of halogens is 2. The zero-order chi connectivity index (χ0) is 11.7. The number of fused-ring (bicyclic) bond motifs is 1. The minimum Gasteiger partial charge on any atom is -0.387 e. The first-order valence-electron chi connectivity index (χ1n) is 4.92. The molecule has 1 unspecified atom stereocenters. The van der Waals surface area contributed by atoms with Gasteiger partial charge in [0, 0.05) is 29.2 Å². The zero-order valence-electron chi connectivity index (χ0n) is 8.72. The van der Waals surface area contributed by atoms with E-state index in [0.717, 1.165) is 16.5 Å². The summed E-state index contributed by atoms with van der Waals surface area (Å²) in [7, 11) is 1.79. The number of likely N-dealkylation sites (N-methyl/N-ethyl adjacent to an activating group) is 1. The van der Waals surface area contributed by atoms with Crippen molar-refractivity contribution in [1.29, 1.82) is 0 Å². The summed E-state index contributed by atoms with van der Waals surface area (Å²) in [5.74, 6) is 0. The fourth-order valence-electron chi connectivity index (χ4n) is 1.72. The number of benzene rings is 1. The lowest BCUT2D eigenvalue weighted by molar-refractivity contribution is 0.179. The van der Waals surface area contributed by atoms with Crippen molar-refractivity contribution in [2.45, 2.75) is 6.10 Å². The predicted octanol–water partition coefficient (Wildman–Crippen LogP) is 2.73. The molecular weight excluding hydrogens is 247 g/mol. The number of nitrogens with one attached hydrogen (secondary N) is 2. The molecule has 2 aromatic rings. The van der Waals surface area contributed by atoms with Crippen molar-refractivity contribution in [3.8, 4) is 0 Å². The second-order valence-electron chi connectivity index (χ2n) is 3.63. The molecule has 5 heteroatoms. The number of aromatic amines is 1. The van der Waals surface area contributed by atoms with Crippen LogP contribution in [-0.4, -0.2) is 23.7 Å². The molecule has 1 heterocycles. The van der Waals surface area contributed by atoms with E-state index in [-0.39, 0.29) is 0 Å². The van der Waals surface area contributed by atoms with Crippen LogP contribution in [-0.2, 0) is 0 Å². The molecule has 3 N–H and O–H groups in total. The van der Waals surface area contributed by atoms with Crippen molar-refractivity contribution < 1.29 is 5.11 Å². The normalized spacial score (nSPS) is 13.2. The standard InChI is InChI=1S/C11H12Cl2N2O/c1-14-5-11(16)7-4-15-10-3-9(13)8(12)2-6(7)10/h2-4,11,14-16H,5H2,1H3. The van der Waals surface area contributed by atoms with Gasteiger partial charge in [0.25, 0.3) is 0 Å². The Morgan fingerprint density at radius 2 is 2.06 bits per heavy atom. The average molecular weight is 259 g/mol. The van der Waals surface area contributed by atoms with Gasteiger partial charge >= 0.3 is 0 Å². The second-order valence-corrected chi connectivity index (χ2v) is 4.44. The topological polar surface area (TPSA) is 48.0 Å². The van der Waals surface area contributed by atoms with Gasteiger partial charge < -0.3 is 15.4 Å². The first-order chi connectivity index (χ1) is 7.63. The number of hydrogen-bond donors (Lipinski definition) is 3. The highest BCUT2D eigenvalue weighted by atomic mass is 35.5. The van der Waals surface area contributed by atoms with Crippen molar-refractivity contribution in [2.24, 2.45) is 0 Å². The van der Waals surface area contributed by atoms with Gasteiger partial charge in [-0.25, -0.2) is 0 Å². The van der Waals surface area contributed by atoms with Gasteiger partial charge in [-0.3, -0.25) is 0 Å². The lowest BCUT2D eigenvalue weighted by Crippen LogP contribution is -2.16. The van der Waals surface area contributed by atoms with E-state index in [1.807, 2.05) is 0 Å². The molecule has 0 radical (unpaired) electrons. The molecule has 0 saturated heterocycles. The van der Waals surface area contributed by atoms with E-state index >= 15 is 0 Å². The Labute approximate surface area is 103 Å². The first kappa shape index (κ1) is 11.7. The van der Waals surface area contributed by atoms with E-state index in [1.54, 1.807) is 25.4 Å². The van der Waals surface area contributed by atoms with Gasteiger partial charge in [0.15, 0.2) is 0 Å². The van der Waals surface area contributed by atoms with Gasteiger partial charge in [-0.15, -0.1) is 0 Å². The van der Waals surface area contributed by atoms with Gasteiger partial charge in [-0.1, -0.05) is 23.2 Å². The van der Waals surface area contributed by atoms with Crippen LogP contribution in [0.15, 0.2) is 18.3 Å². The number of aliphatic hydroxyl groups excluding tert-OH is 1. The Hall–Kier alpha value is -0.740. The Balaban J connectivity index is 2.51. The summed E-state index contributed by atoms with van der Waals surface area (Å²) in [6, 6.07) is 3.53. The van der Waals surface area contributed by atoms with Crippen LogP contribution >= 0.6 is 23.2 Å². The van der Waals surface area contributed by atoms with Gasteiger partial charge in [-0.05, 0) is 19.2 Å². The maximum absolute atomic E-state index is 9.91. The molecular formula is C11H12Cl2N2O. The Morgan fingerprint density at radius 3 is 2.75 bits per heavy atom. The van der Waals surface area contributed by atoms with Gasteiger partial charge in [-0.2, -0.15) is 0 Å². The molecule has 0 bridgehead atoms. The van der Waals surface area contributed by atoms with Crippen LogP contribution in [0.4, 0.5) is 0 Å². The van der Waals surface area contributed by atoms with E-state index in [1.165, 1.54) is 0 Å². The van der Waals surface area contributed by atoms with Gasteiger partial charge in [0.05, 0.1) is 16.1 Å². The third kappa shape index (κ3) is 2.04. The van der Waals surface area contributed by atoms with Crippen molar-refractivity contribution in [2.75, 3.05) is 13.6 Å². The largest absolute Gasteiger partial charge is 0.387 e. The number of aliphatic hydroxyl groups is 1. The molecule has 0 aliphatic heterocycles. The maximum atomic E-state index is 9.91. The highest BCUT2D eigenvalue weighted by molar-refractivity contribution is 6.42. The summed E-state index contributed by atoms with van der Waals surface area (Å²) in [5, 5.41) is 14.7. The zero-order valence-corrected chi connectivity index (χ0v) is 10.2. The summed E-state index contributed by atoms with van der Waals surface area (Å²) in [5.41, 5.74) is 1.70. The van der Waals surface area contributed by atoms with Crippen LogP contribution in [0.3, 0.4) is 0 Å². The molecule has 0 saturated carbocycles. The summed E-state index contributed by atoms with van der Waals surface area (Å²) in [6.45, 7) is 0.493. The first-order valence-corrected chi connectivity index (χ1v) is 5.67. The summed E-state index contributed by atoms with van der Waals surface area (Å²) in [6.07, 6.45) is 1.22. The predicted molar refractivity (Wildman–Crippen MR) is 67.2 cm³/mol. The molecule has 16 heavy (non-hydrogen) atoms. The van der Waals surface area contributed by atoms with Crippen molar-refractivity contribution >= 4 is 34.1 Å². The lowest BCUT2D eigenvalue weighted by Gasteiger charge is -2.08. The molecule has 0 amide bonds. The van der Waals surface area contributed by atoms with Gasteiger partial charge in [0.1, 0.15) is 0 Å². The number of H-pyrrole nitrogens is 1. The van der Waals surface area contributed by atoms with E-state index in [2.05, 4.69) is 10.3 Å².